The number of carbonyl (C=O) groups excluding carboxylic acids is 5. The van der Waals surface area contributed by atoms with Crippen LogP contribution in [0.25, 0.3) is 54.2 Å². The van der Waals surface area contributed by atoms with Gasteiger partial charge in [-0.3, -0.25) is 43.9 Å². The van der Waals surface area contributed by atoms with Crippen molar-refractivity contribution in [2.45, 2.75) is 65.5 Å². The zero-order valence-electron chi connectivity index (χ0n) is 28.5. The SMILES string of the molecule is CCC(CC)N1C(=O)c2ccc3c4c([N+](=O)[O-])cc5c6c(ccc(c7c(-c8ccc(C=O)cc8)cc(c2c37)C1=O)c64)C(=O)N(C(CC)CC)C5=O. The zero-order chi connectivity index (χ0) is 36.0. The maximum Gasteiger partial charge on any atom is 0.278 e. The van der Waals surface area contributed by atoms with Gasteiger partial charge in [-0.15, -0.1) is 0 Å². The minimum atomic E-state index is -0.577. The molecule has 51 heavy (non-hydrogen) atoms. The summed E-state index contributed by atoms with van der Waals surface area (Å²) < 4.78 is 0. The first-order chi connectivity index (χ1) is 24.6. The minimum Gasteiger partial charge on any atom is -0.298 e. The molecular formula is C41H33N3O7. The molecule has 6 aromatic carbocycles. The number of hydrogen-bond donors (Lipinski definition) is 0. The lowest BCUT2D eigenvalue weighted by Gasteiger charge is -2.35. The number of carbonyl (C=O) groups is 5. The molecular weight excluding hydrogens is 646 g/mol. The highest BCUT2D eigenvalue weighted by atomic mass is 16.6. The first kappa shape index (κ1) is 32.2. The van der Waals surface area contributed by atoms with Gasteiger partial charge in [-0.05, 0) is 76.6 Å². The molecule has 254 valence electrons. The molecule has 10 heteroatoms. The van der Waals surface area contributed by atoms with Crippen LogP contribution < -0.4 is 0 Å². The van der Waals surface area contributed by atoms with E-state index in [9.17, 15) is 34.1 Å². The first-order valence-corrected chi connectivity index (χ1v) is 17.3. The van der Waals surface area contributed by atoms with Gasteiger partial charge >= 0.3 is 0 Å². The van der Waals surface area contributed by atoms with E-state index in [1.165, 1.54) is 15.9 Å². The molecule has 0 aliphatic carbocycles. The van der Waals surface area contributed by atoms with Gasteiger partial charge in [-0.1, -0.05) is 64.1 Å². The Balaban J connectivity index is 1.60. The number of nitro benzene ring substituents is 1. The molecule has 0 radical (unpaired) electrons. The summed E-state index contributed by atoms with van der Waals surface area (Å²) in [5.74, 6) is -1.90. The van der Waals surface area contributed by atoms with Crippen LogP contribution in [0.5, 0.6) is 0 Å². The van der Waals surface area contributed by atoms with Crippen molar-refractivity contribution < 1.29 is 28.9 Å². The molecule has 2 aliphatic rings. The van der Waals surface area contributed by atoms with E-state index in [0.717, 1.165) is 6.29 Å². The highest BCUT2D eigenvalue weighted by molar-refractivity contribution is 6.44. The second kappa shape index (κ2) is 11.5. The second-order valence-corrected chi connectivity index (χ2v) is 13.4. The standard InChI is InChI=1S/C41H33N3O7/c1-5-22(6-2)42-38(46)26-16-14-25-35-31(44(50)51)18-30-34-27(39(47)43(41(30)49)23(7-3)8-4)15-13-24(37(34)35)32-28(21-11-9-20(19-45)10-12-21)17-29(40(42)48)33(26)36(25)32/h9-19,22-23H,5-8H2,1-4H3. The molecule has 0 spiro atoms. The van der Waals surface area contributed by atoms with E-state index in [2.05, 4.69) is 0 Å². The molecule has 0 bridgehead atoms. The topological polar surface area (TPSA) is 135 Å². The lowest BCUT2D eigenvalue weighted by Crippen LogP contribution is -2.46. The Morgan fingerprint density at radius 3 is 1.49 bits per heavy atom. The van der Waals surface area contributed by atoms with Crippen molar-refractivity contribution in [3.8, 4) is 11.1 Å². The van der Waals surface area contributed by atoms with Gasteiger partial charge in [-0.2, -0.15) is 0 Å². The summed E-state index contributed by atoms with van der Waals surface area (Å²) in [6.45, 7) is 7.64. The molecule has 2 aliphatic heterocycles. The monoisotopic (exact) mass is 679 g/mol. The maximum atomic E-state index is 14.4. The van der Waals surface area contributed by atoms with E-state index in [-0.39, 0.29) is 34.3 Å². The minimum absolute atomic E-state index is 0.0842. The van der Waals surface area contributed by atoms with Gasteiger partial charge in [0.25, 0.3) is 29.3 Å². The third-order valence-electron chi connectivity index (χ3n) is 11.0. The molecule has 4 amide bonds. The number of amides is 4. The van der Waals surface area contributed by atoms with Gasteiger partial charge in [0, 0.05) is 56.6 Å². The highest BCUT2D eigenvalue weighted by Crippen LogP contribution is 2.52. The van der Waals surface area contributed by atoms with E-state index in [0.29, 0.717) is 91.2 Å². The number of benzene rings is 6. The number of nitro groups is 1. The fraction of sp³-hybridized carbons (Fsp3) is 0.244. The van der Waals surface area contributed by atoms with E-state index in [4.69, 9.17) is 0 Å². The molecule has 2 heterocycles. The molecule has 0 N–H and O–H groups in total. The van der Waals surface area contributed by atoms with Crippen LogP contribution in [0.2, 0.25) is 0 Å². The summed E-state index contributed by atoms with van der Waals surface area (Å²) in [4.78, 5) is 83.5. The van der Waals surface area contributed by atoms with Crippen molar-refractivity contribution in [2.24, 2.45) is 0 Å². The predicted octanol–water partition coefficient (Wildman–Crippen LogP) is 8.69. The maximum absolute atomic E-state index is 14.4. The lowest BCUT2D eigenvalue weighted by atomic mass is 9.79. The second-order valence-electron chi connectivity index (χ2n) is 13.4. The Morgan fingerprint density at radius 1 is 0.569 bits per heavy atom. The lowest BCUT2D eigenvalue weighted by molar-refractivity contribution is -0.383. The molecule has 0 atom stereocenters. The van der Waals surface area contributed by atoms with E-state index < -0.39 is 28.6 Å². The van der Waals surface area contributed by atoms with E-state index in [1.807, 2.05) is 27.7 Å². The summed E-state index contributed by atoms with van der Waals surface area (Å²) in [7, 11) is 0. The Hall–Kier alpha value is -6.03. The Labute approximate surface area is 292 Å². The third-order valence-corrected chi connectivity index (χ3v) is 11.0. The van der Waals surface area contributed by atoms with Crippen LogP contribution in [-0.2, 0) is 0 Å². The summed E-state index contributed by atoms with van der Waals surface area (Å²) in [5.41, 5.74) is 2.42. The van der Waals surface area contributed by atoms with Crippen molar-refractivity contribution in [1.29, 1.82) is 0 Å². The summed E-state index contributed by atoms with van der Waals surface area (Å²) >= 11 is 0. The number of aldehydes is 1. The molecule has 0 fully saturated rings. The average molecular weight is 680 g/mol. The van der Waals surface area contributed by atoms with Crippen molar-refractivity contribution in [1.82, 2.24) is 9.80 Å². The number of nitrogens with zero attached hydrogens (tertiary/aromatic N) is 3. The zero-order valence-corrected chi connectivity index (χ0v) is 28.5. The smallest absolute Gasteiger partial charge is 0.278 e. The van der Waals surface area contributed by atoms with Crippen LogP contribution in [-0.4, -0.2) is 56.7 Å². The summed E-state index contributed by atoms with van der Waals surface area (Å²) in [5, 5.41) is 16.5. The van der Waals surface area contributed by atoms with Crippen molar-refractivity contribution in [3.05, 3.63) is 98.6 Å². The van der Waals surface area contributed by atoms with Gasteiger partial charge < -0.3 is 0 Å². The van der Waals surface area contributed by atoms with Gasteiger partial charge in [-0.25, -0.2) is 0 Å². The fourth-order valence-electron chi connectivity index (χ4n) is 8.57. The van der Waals surface area contributed by atoms with Crippen LogP contribution in [0.1, 0.15) is 105 Å². The Kier molecular flexibility index (Phi) is 7.27. The average Bonchev–Trinajstić information content (AvgIpc) is 3.15. The quantitative estimate of drug-likeness (QED) is 0.0372. The normalized spacial score (nSPS) is 14.5. The van der Waals surface area contributed by atoms with E-state index in [1.54, 1.807) is 54.6 Å². The van der Waals surface area contributed by atoms with Gasteiger partial charge in [0.05, 0.1) is 15.9 Å². The summed E-state index contributed by atoms with van der Waals surface area (Å²) in [6.07, 6.45) is 2.94. The number of non-ortho nitro benzene ring substituents is 1. The number of hydrogen-bond acceptors (Lipinski definition) is 7. The van der Waals surface area contributed by atoms with Gasteiger partial charge in [0.2, 0.25) is 0 Å². The van der Waals surface area contributed by atoms with Crippen molar-refractivity contribution in [2.75, 3.05) is 0 Å². The van der Waals surface area contributed by atoms with E-state index >= 15 is 0 Å². The van der Waals surface area contributed by atoms with Gasteiger partial charge in [0.15, 0.2) is 0 Å². The fourth-order valence-corrected chi connectivity index (χ4v) is 8.57. The molecule has 0 unspecified atom stereocenters. The molecule has 8 rings (SSSR count). The van der Waals surface area contributed by atoms with Crippen molar-refractivity contribution >= 4 is 78.7 Å². The highest BCUT2D eigenvalue weighted by Gasteiger charge is 2.42. The molecule has 6 aromatic rings. The van der Waals surface area contributed by atoms with Crippen LogP contribution in [0.15, 0.2) is 60.7 Å². The third kappa shape index (κ3) is 4.19. The van der Waals surface area contributed by atoms with Crippen LogP contribution >= 0.6 is 0 Å². The first-order valence-electron chi connectivity index (χ1n) is 17.3. The van der Waals surface area contributed by atoms with Crippen LogP contribution in [0.4, 0.5) is 5.69 Å². The van der Waals surface area contributed by atoms with Crippen molar-refractivity contribution in [3.63, 3.8) is 0 Å². The molecule has 10 nitrogen and oxygen atoms in total. The molecule has 0 saturated carbocycles. The molecule has 0 aromatic heterocycles. The van der Waals surface area contributed by atoms with Gasteiger partial charge in [0.1, 0.15) is 6.29 Å². The van der Waals surface area contributed by atoms with Crippen LogP contribution in [0.3, 0.4) is 0 Å². The summed E-state index contributed by atoms with van der Waals surface area (Å²) in [6, 6.07) is 16.0. The number of fused-ring (bicyclic) bond motifs is 2. The number of imide groups is 2. The molecule has 0 saturated heterocycles. The Bertz CT molecular complexity index is 2560. The Morgan fingerprint density at radius 2 is 1.02 bits per heavy atom. The number of rotatable bonds is 9. The largest absolute Gasteiger partial charge is 0.298 e. The van der Waals surface area contributed by atoms with Crippen LogP contribution in [0, 0.1) is 10.1 Å². The predicted molar refractivity (Wildman–Crippen MR) is 195 cm³/mol.